The molecule has 0 saturated carbocycles. The van der Waals surface area contributed by atoms with Crippen LogP contribution in [-0.2, 0) is 4.79 Å². The van der Waals surface area contributed by atoms with Gasteiger partial charge < -0.3 is 5.32 Å². The summed E-state index contributed by atoms with van der Waals surface area (Å²) in [6.07, 6.45) is 0. The standard InChI is InChI=1S/C23H26N4O3S/c1-14(2)12-24-22(30)26-20(28)13-31-23-25-19-8-6-5-7-18(19)21(29)27(23)17-10-9-15(3)16(4)11-17/h5-11,14H,12-13H2,1-4H3,(H2,24,26,28,30). The minimum atomic E-state index is -0.530. The zero-order valence-corrected chi connectivity index (χ0v) is 18.9. The number of hydrogen-bond donors (Lipinski definition) is 2. The van der Waals surface area contributed by atoms with Crippen LogP contribution in [0.2, 0.25) is 0 Å². The molecule has 1 aromatic heterocycles. The van der Waals surface area contributed by atoms with E-state index >= 15 is 0 Å². The van der Waals surface area contributed by atoms with Gasteiger partial charge in [0.1, 0.15) is 0 Å². The molecule has 2 N–H and O–H groups in total. The van der Waals surface area contributed by atoms with E-state index in [0.717, 1.165) is 22.9 Å². The number of carbonyl (C=O) groups is 2. The molecule has 3 amide bonds. The Kier molecular flexibility index (Phi) is 7.12. The van der Waals surface area contributed by atoms with Gasteiger partial charge in [-0.3, -0.25) is 19.5 Å². The maximum atomic E-state index is 13.3. The number of rotatable bonds is 6. The Morgan fingerprint density at radius 3 is 2.55 bits per heavy atom. The van der Waals surface area contributed by atoms with Crippen molar-refractivity contribution in [1.82, 2.24) is 20.2 Å². The van der Waals surface area contributed by atoms with Crippen LogP contribution in [0.3, 0.4) is 0 Å². The van der Waals surface area contributed by atoms with Crippen molar-refractivity contribution >= 4 is 34.6 Å². The summed E-state index contributed by atoms with van der Waals surface area (Å²) in [7, 11) is 0. The molecule has 3 aromatic rings. The van der Waals surface area contributed by atoms with Crippen molar-refractivity contribution in [3.8, 4) is 5.69 Å². The fourth-order valence-corrected chi connectivity index (χ4v) is 3.75. The molecule has 0 aliphatic heterocycles. The molecule has 2 aromatic carbocycles. The number of imide groups is 1. The molecule has 0 radical (unpaired) electrons. The molecule has 3 rings (SSSR count). The molecule has 7 nitrogen and oxygen atoms in total. The van der Waals surface area contributed by atoms with Crippen molar-refractivity contribution in [3.05, 3.63) is 63.9 Å². The predicted octanol–water partition coefficient (Wildman–Crippen LogP) is 3.58. The van der Waals surface area contributed by atoms with Crippen LogP contribution in [0.5, 0.6) is 0 Å². The molecule has 1 heterocycles. The SMILES string of the molecule is Cc1ccc(-n2c(SCC(=O)NC(=O)NCC(C)C)nc3ccccc3c2=O)cc1C. The van der Waals surface area contributed by atoms with Crippen LogP contribution in [-0.4, -0.2) is 33.8 Å². The first-order valence-corrected chi connectivity index (χ1v) is 11.0. The molecule has 162 valence electrons. The lowest BCUT2D eigenvalue weighted by molar-refractivity contribution is -0.117. The Labute approximate surface area is 185 Å². The molecular formula is C23H26N4O3S. The van der Waals surface area contributed by atoms with Gasteiger partial charge in [0.15, 0.2) is 5.16 Å². The average Bonchev–Trinajstić information content (AvgIpc) is 2.73. The summed E-state index contributed by atoms with van der Waals surface area (Å²) in [5, 5.41) is 5.85. The minimum Gasteiger partial charge on any atom is -0.338 e. The summed E-state index contributed by atoms with van der Waals surface area (Å²) in [6, 6.07) is 12.3. The number of nitrogens with zero attached hydrogens (tertiary/aromatic N) is 2. The third-order valence-electron chi connectivity index (χ3n) is 4.75. The van der Waals surface area contributed by atoms with E-state index in [1.807, 2.05) is 52.0 Å². The second-order valence-corrected chi connectivity index (χ2v) is 8.70. The molecule has 31 heavy (non-hydrogen) atoms. The summed E-state index contributed by atoms with van der Waals surface area (Å²) < 4.78 is 1.52. The number of urea groups is 1. The van der Waals surface area contributed by atoms with E-state index in [4.69, 9.17) is 0 Å². The predicted molar refractivity (Wildman–Crippen MR) is 124 cm³/mol. The smallest absolute Gasteiger partial charge is 0.321 e. The number of carbonyl (C=O) groups excluding carboxylic acids is 2. The van der Waals surface area contributed by atoms with E-state index < -0.39 is 11.9 Å². The quantitative estimate of drug-likeness (QED) is 0.453. The number of fused-ring (bicyclic) bond motifs is 1. The number of para-hydroxylation sites is 1. The van der Waals surface area contributed by atoms with Gasteiger partial charge in [-0.05, 0) is 55.2 Å². The van der Waals surface area contributed by atoms with Crippen LogP contribution in [0.25, 0.3) is 16.6 Å². The van der Waals surface area contributed by atoms with Gasteiger partial charge in [-0.1, -0.05) is 43.8 Å². The van der Waals surface area contributed by atoms with Crippen molar-refractivity contribution < 1.29 is 9.59 Å². The summed E-state index contributed by atoms with van der Waals surface area (Å²) in [6.45, 7) is 8.40. The molecule has 0 fully saturated rings. The van der Waals surface area contributed by atoms with Gasteiger partial charge in [0.25, 0.3) is 5.56 Å². The number of nitrogens with one attached hydrogen (secondary N) is 2. The van der Waals surface area contributed by atoms with Crippen molar-refractivity contribution in [2.24, 2.45) is 5.92 Å². The van der Waals surface area contributed by atoms with E-state index in [0.29, 0.717) is 28.3 Å². The van der Waals surface area contributed by atoms with Crippen molar-refractivity contribution in [2.45, 2.75) is 32.9 Å². The molecule has 0 atom stereocenters. The Morgan fingerprint density at radius 1 is 1.10 bits per heavy atom. The molecule has 0 aliphatic carbocycles. The lowest BCUT2D eigenvalue weighted by Crippen LogP contribution is -2.41. The van der Waals surface area contributed by atoms with Gasteiger partial charge in [0.2, 0.25) is 5.91 Å². The van der Waals surface area contributed by atoms with E-state index in [-0.39, 0.29) is 17.2 Å². The highest BCUT2D eigenvalue weighted by Gasteiger charge is 2.16. The lowest BCUT2D eigenvalue weighted by Gasteiger charge is -2.14. The molecule has 0 bridgehead atoms. The van der Waals surface area contributed by atoms with E-state index in [1.165, 1.54) is 4.57 Å². The van der Waals surface area contributed by atoms with Gasteiger partial charge in [-0.2, -0.15) is 0 Å². The van der Waals surface area contributed by atoms with Crippen molar-refractivity contribution in [3.63, 3.8) is 0 Å². The third kappa shape index (κ3) is 5.52. The Bertz CT molecular complexity index is 1190. The molecule has 0 spiro atoms. The first kappa shape index (κ1) is 22.6. The Morgan fingerprint density at radius 2 is 1.84 bits per heavy atom. The highest BCUT2D eigenvalue weighted by atomic mass is 32.2. The average molecular weight is 439 g/mol. The number of aromatic nitrogens is 2. The van der Waals surface area contributed by atoms with Crippen molar-refractivity contribution in [1.29, 1.82) is 0 Å². The van der Waals surface area contributed by atoms with Gasteiger partial charge in [-0.15, -0.1) is 0 Å². The largest absolute Gasteiger partial charge is 0.338 e. The Balaban J connectivity index is 1.90. The van der Waals surface area contributed by atoms with Crippen LogP contribution in [0.4, 0.5) is 4.79 Å². The number of thioether (sulfide) groups is 1. The first-order chi connectivity index (χ1) is 14.8. The van der Waals surface area contributed by atoms with Crippen LogP contribution in [0.15, 0.2) is 52.4 Å². The summed E-state index contributed by atoms with van der Waals surface area (Å²) in [5.41, 5.74) is 3.21. The topological polar surface area (TPSA) is 93.1 Å². The molecule has 8 heteroatoms. The summed E-state index contributed by atoms with van der Waals surface area (Å²) >= 11 is 1.12. The third-order valence-corrected chi connectivity index (χ3v) is 5.69. The normalized spacial score (nSPS) is 11.0. The van der Waals surface area contributed by atoms with Crippen LogP contribution in [0, 0.1) is 19.8 Å². The molecule has 0 saturated heterocycles. The highest BCUT2D eigenvalue weighted by Crippen LogP contribution is 2.22. The zero-order chi connectivity index (χ0) is 22.5. The second-order valence-electron chi connectivity index (χ2n) is 7.76. The van der Waals surface area contributed by atoms with Crippen LogP contribution < -0.4 is 16.2 Å². The lowest BCUT2D eigenvalue weighted by atomic mass is 10.1. The van der Waals surface area contributed by atoms with Crippen LogP contribution >= 0.6 is 11.8 Å². The minimum absolute atomic E-state index is 0.0509. The maximum Gasteiger partial charge on any atom is 0.321 e. The highest BCUT2D eigenvalue weighted by molar-refractivity contribution is 7.99. The summed E-state index contributed by atoms with van der Waals surface area (Å²) in [4.78, 5) is 42.0. The Hall–Kier alpha value is -3.13. The molecule has 0 aliphatic rings. The van der Waals surface area contributed by atoms with E-state index in [2.05, 4.69) is 15.6 Å². The summed E-state index contributed by atoms with van der Waals surface area (Å²) in [5.74, 6) is -0.227. The molecule has 0 unspecified atom stereocenters. The first-order valence-electron chi connectivity index (χ1n) is 10.1. The van der Waals surface area contributed by atoms with Gasteiger partial charge in [0, 0.05) is 6.54 Å². The second kappa shape index (κ2) is 9.78. The fraction of sp³-hybridized carbons (Fsp3) is 0.304. The number of hydrogen-bond acceptors (Lipinski definition) is 5. The van der Waals surface area contributed by atoms with E-state index in [9.17, 15) is 14.4 Å². The number of aryl methyl sites for hydroxylation is 2. The monoisotopic (exact) mass is 438 g/mol. The van der Waals surface area contributed by atoms with Gasteiger partial charge >= 0.3 is 6.03 Å². The number of amides is 3. The maximum absolute atomic E-state index is 13.3. The van der Waals surface area contributed by atoms with Crippen molar-refractivity contribution in [2.75, 3.05) is 12.3 Å². The van der Waals surface area contributed by atoms with Gasteiger partial charge in [-0.25, -0.2) is 9.78 Å². The fourth-order valence-electron chi connectivity index (χ4n) is 2.94. The van der Waals surface area contributed by atoms with E-state index in [1.54, 1.807) is 18.2 Å². The number of benzene rings is 2. The van der Waals surface area contributed by atoms with Gasteiger partial charge in [0.05, 0.1) is 22.3 Å². The zero-order valence-electron chi connectivity index (χ0n) is 18.1. The molecular weight excluding hydrogens is 412 g/mol. The van der Waals surface area contributed by atoms with Crippen LogP contribution in [0.1, 0.15) is 25.0 Å².